The van der Waals surface area contributed by atoms with Gasteiger partial charge >= 0.3 is 12.1 Å². The van der Waals surface area contributed by atoms with Crippen LogP contribution in [0.1, 0.15) is 114 Å². The molecule has 85 heavy (non-hydrogen) atoms. The summed E-state index contributed by atoms with van der Waals surface area (Å²) in [6.07, 6.45) is 8.12. The van der Waals surface area contributed by atoms with E-state index >= 15 is 0 Å². The molecule has 0 unspecified atom stereocenters. The zero-order chi connectivity index (χ0) is 61.9. The smallest absolute Gasteiger partial charge is 0.457 e. The van der Waals surface area contributed by atoms with Gasteiger partial charge in [-0.15, -0.1) is 0 Å². The number of amides is 5. The first-order chi connectivity index (χ1) is 40.2. The monoisotopic (exact) mass is 1190 g/mol. The minimum Gasteiger partial charge on any atom is -0.457 e. The number of pyridine rings is 2. The van der Waals surface area contributed by atoms with Gasteiger partial charge in [0.25, 0.3) is 5.56 Å². The number of ether oxygens (including phenoxy) is 5. The standard InChI is InChI=1S/C60H73N9O15S/c1-10-60(46-26-48-53-44(30-69(48)54(75)45(46)32-81-55(60)76)42(24-25-68(37(2)3)38(4)70)43-17-14-15-18-47(43)66-53)84-57(77)82-31-39-20-22-41(23-21-39)65-50(72)29-61-51(73)33-80-34-52(74)67-58(5,6)36-83-59(7,8)35-64-49(71)19-13-11-12-16-40-27-62-56(63-28-40)85(9,78)79/h12,14-18,20-23,26-28,37H,10-11,13,19,24-25,29-36H2,1-9H3,(H,61,73)(H,64,71)(H,65,72)(H,67,74)/b16-12-/t60-/m0/s1. The van der Waals surface area contributed by atoms with Crippen molar-refractivity contribution in [2.45, 2.75) is 135 Å². The number of unbranched alkanes of at least 4 members (excludes halogenated alkanes) is 1. The number of esters is 1. The highest BCUT2D eigenvalue weighted by atomic mass is 32.2. The average molecular weight is 1190 g/mol. The number of aromatic nitrogens is 4. The lowest BCUT2D eigenvalue weighted by molar-refractivity contribution is -0.175. The predicted octanol–water partition coefficient (Wildman–Crippen LogP) is 5.19. The lowest BCUT2D eigenvalue weighted by Gasteiger charge is -2.35. The van der Waals surface area contributed by atoms with Crippen LogP contribution in [-0.2, 0) is 94.1 Å². The molecule has 5 aromatic rings. The van der Waals surface area contributed by atoms with Crippen molar-refractivity contribution < 1.29 is 65.7 Å². The van der Waals surface area contributed by atoms with Crippen LogP contribution in [-0.4, -0.2) is 137 Å². The maximum atomic E-state index is 14.3. The summed E-state index contributed by atoms with van der Waals surface area (Å²) in [6.45, 7) is 13.1. The Morgan fingerprint density at radius 1 is 0.918 bits per heavy atom. The molecule has 25 heteroatoms. The molecular weight excluding hydrogens is 1120 g/mol. The van der Waals surface area contributed by atoms with E-state index < -0.39 is 81.7 Å². The number of anilines is 1. The lowest BCUT2D eigenvalue weighted by Crippen LogP contribution is -2.51. The number of cyclic esters (lactones) is 1. The van der Waals surface area contributed by atoms with Crippen molar-refractivity contribution in [3.63, 3.8) is 0 Å². The molecule has 0 saturated carbocycles. The molecule has 2 aliphatic rings. The van der Waals surface area contributed by atoms with E-state index in [0.717, 1.165) is 22.8 Å². The largest absolute Gasteiger partial charge is 0.510 e. The highest BCUT2D eigenvalue weighted by Gasteiger charge is 2.51. The molecule has 24 nitrogen and oxygen atoms in total. The molecule has 2 aliphatic heterocycles. The van der Waals surface area contributed by atoms with E-state index in [1.54, 1.807) is 80.5 Å². The van der Waals surface area contributed by atoms with Gasteiger partial charge in [-0.1, -0.05) is 49.4 Å². The van der Waals surface area contributed by atoms with E-state index in [4.69, 9.17) is 28.7 Å². The van der Waals surface area contributed by atoms with E-state index in [0.29, 0.717) is 59.5 Å². The van der Waals surface area contributed by atoms with E-state index in [1.165, 1.54) is 19.3 Å². The van der Waals surface area contributed by atoms with Crippen molar-refractivity contribution in [3.05, 3.63) is 117 Å². The van der Waals surface area contributed by atoms with Crippen molar-refractivity contribution in [2.75, 3.05) is 51.0 Å². The second kappa shape index (κ2) is 27.5. The molecule has 454 valence electrons. The number of hydrogen-bond donors (Lipinski definition) is 4. The fourth-order valence-electron chi connectivity index (χ4n) is 9.72. The van der Waals surface area contributed by atoms with Gasteiger partial charge in [-0.05, 0) is 103 Å². The van der Waals surface area contributed by atoms with Gasteiger partial charge in [-0.25, -0.2) is 33.0 Å². The Morgan fingerprint density at radius 2 is 1.62 bits per heavy atom. The lowest BCUT2D eigenvalue weighted by atomic mass is 9.85. The number of sulfone groups is 1. The Balaban J connectivity index is 0.817. The van der Waals surface area contributed by atoms with Gasteiger partial charge in [-0.2, -0.15) is 0 Å². The Kier molecular flexibility index (Phi) is 20.8. The number of benzene rings is 2. The van der Waals surface area contributed by atoms with Gasteiger partial charge in [0.2, 0.25) is 50.1 Å². The molecular formula is C60H73N9O15S. The van der Waals surface area contributed by atoms with Gasteiger partial charge in [0.1, 0.15) is 26.4 Å². The van der Waals surface area contributed by atoms with Gasteiger partial charge in [0.05, 0.1) is 53.3 Å². The van der Waals surface area contributed by atoms with Crippen LogP contribution in [0, 0.1) is 0 Å². The number of para-hydroxylation sites is 1. The van der Waals surface area contributed by atoms with Gasteiger partial charge in [-0.3, -0.25) is 28.8 Å². The van der Waals surface area contributed by atoms with Crippen molar-refractivity contribution in [1.29, 1.82) is 0 Å². The summed E-state index contributed by atoms with van der Waals surface area (Å²) in [6, 6.07) is 15.6. The normalized spacial score (nSPS) is 14.7. The Hall–Kier alpha value is -8.42. The highest BCUT2D eigenvalue weighted by molar-refractivity contribution is 7.90. The van der Waals surface area contributed by atoms with E-state index in [9.17, 15) is 46.8 Å². The first kappa shape index (κ1) is 64.1. The number of allylic oxidation sites excluding steroid dienone is 1. The van der Waals surface area contributed by atoms with E-state index in [-0.39, 0.29) is 79.9 Å². The van der Waals surface area contributed by atoms with Crippen molar-refractivity contribution >= 4 is 74.2 Å². The summed E-state index contributed by atoms with van der Waals surface area (Å²) in [5.41, 5.74) is 1.22. The minimum atomic E-state index is -3.48. The van der Waals surface area contributed by atoms with Crippen LogP contribution in [0.2, 0.25) is 0 Å². The Morgan fingerprint density at radius 3 is 2.31 bits per heavy atom. The average Bonchev–Trinajstić information content (AvgIpc) is 1.78. The van der Waals surface area contributed by atoms with Crippen LogP contribution in [0.4, 0.5) is 10.5 Å². The molecule has 7 rings (SSSR count). The fraction of sp³-hybridized carbons (Fsp3) is 0.450. The summed E-state index contributed by atoms with van der Waals surface area (Å²) in [5, 5.41) is 11.4. The predicted molar refractivity (Wildman–Crippen MR) is 312 cm³/mol. The van der Waals surface area contributed by atoms with E-state index in [1.807, 2.05) is 44.2 Å². The zero-order valence-electron chi connectivity index (χ0n) is 49.3. The maximum Gasteiger partial charge on any atom is 0.510 e. The number of fused-ring (bicyclic) bond motifs is 5. The minimum absolute atomic E-state index is 0.0219. The molecule has 0 aliphatic carbocycles. The van der Waals surface area contributed by atoms with Crippen LogP contribution in [0.15, 0.2) is 83.0 Å². The summed E-state index contributed by atoms with van der Waals surface area (Å²) < 4.78 is 52.8. The van der Waals surface area contributed by atoms with Crippen molar-refractivity contribution in [3.8, 4) is 11.4 Å². The van der Waals surface area contributed by atoms with Crippen LogP contribution < -0.4 is 26.8 Å². The van der Waals surface area contributed by atoms with Crippen LogP contribution in [0.3, 0.4) is 0 Å². The van der Waals surface area contributed by atoms with E-state index in [2.05, 4.69) is 31.2 Å². The topological polar surface area (TPSA) is 312 Å². The summed E-state index contributed by atoms with van der Waals surface area (Å²) in [5.74, 6) is -2.80. The molecule has 5 amide bonds. The third-order valence-electron chi connectivity index (χ3n) is 14.2. The second-order valence-corrected chi connectivity index (χ2v) is 24.2. The number of nitrogens with zero attached hydrogens (tertiary/aromatic N) is 5. The molecule has 5 heterocycles. The summed E-state index contributed by atoms with van der Waals surface area (Å²) >= 11 is 0. The van der Waals surface area contributed by atoms with Crippen molar-refractivity contribution in [2.24, 2.45) is 0 Å². The number of carbonyl (C=O) groups is 7. The van der Waals surface area contributed by atoms with Crippen LogP contribution in [0.25, 0.3) is 28.4 Å². The fourth-order valence-corrected chi connectivity index (χ4v) is 10.2. The van der Waals surface area contributed by atoms with Gasteiger partial charge < -0.3 is 54.4 Å². The Bertz CT molecular complexity index is 3550. The molecule has 0 radical (unpaired) electrons. The molecule has 0 saturated heterocycles. The molecule has 2 aromatic carbocycles. The van der Waals surface area contributed by atoms with Gasteiger partial charge in [0.15, 0.2) is 0 Å². The maximum absolute atomic E-state index is 14.3. The third-order valence-corrected chi connectivity index (χ3v) is 15.0. The van der Waals surface area contributed by atoms with Crippen LogP contribution >= 0.6 is 0 Å². The number of nitrogens with one attached hydrogen (secondary N) is 4. The molecule has 1 atom stereocenters. The van der Waals surface area contributed by atoms with Gasteiger partial charge in [0, 0.05) is 78.9 Å². The zero-order valence-corrected chi connectivity index (χ0v) is 50.1. The first-order valence-corrected chi connectivity index (χ1v) is 29.7. The molecule has 0 spiro atoms. The number of hydrogen-bond acceptors (Lipinski definition) is 18. The second-order valence-electron chi connectivity index (χ2n) is 22.3. The molecule has 0 fully saturated rings. The molecule has 0 bridgehead atoms. The SMILES string of the molecule is CC[C@@]1(OC(=O)OCc2ccc(NC(=O)CNC(=O)COCC(=O)NC(C)(C)COC(C)(C)CNC(=O)CCC/C=C\c3cnc(S(C)(=O)=O)nc3)cc2)C(=O)OCc2c1cc1n(c2=O)Cc2c-1nc1ccccc1c2CCN(C(C)=O)C(C)C. The number of carbonyl (C=O) groups excluding carboxylic acids is 7. The first-order valence-electron chi connectivity index (χ1n) is 27.8. The highest BCUT2D eigenvalue weighted by Crippen LogP contribution is 2.42. The quantitative estimate of drug-likeness (QED) is 0.0293. The third kappa shape index (κ3) is 16.7. The molecule has 3 aromatic heterocycles. The van der Waals surface area contributed by atoms with Crippen molar-refractivity contribution in [1.82, 2.24) is 40.4 Å². The summed E-state index contributed by atoms with van der Waals surface area (Å²) in [7, 11) is -3.48. The summed E-state index contributed by atoms with van der Waals surface area (Å²) in [4.78, 5) is 119. The van der Waals surface area contributed by atoms with Crippen LogP contribution in [0.5, 0.6) is 0 Å². The number of rotatable bonds is 27. The Labute approximate surface area is 492 Å². The molecule has 4 N–H and O–H groups in total.